The molecule has 0 radical (unpaired) electrons. The molecule has 2 aromatic rings. The summed E-state index contributed by atoms with van der Waals surface area (Å²) >= 11 is 1.19. The van der Waals surface area contributed by atoms with Crippen molar-refractivity contribution in [1.29, 1.82) is 0 Å². The molecule has 0 aliphatic carbocycles. The van der Waals surface area contributed by atoms with E-state index in [-0.39, 0.29) is 10.9 Å². The van der Waals surface area contributed by atoms with Gasteiger partial charge in [-0.05, 0) is 5.56 Å². The largest absolute Gasteiger partial charge is 0.488 e. The lowest BCUT2D eigenvalue weighted by Gasteiger charge is -2.04. The first-order valence-corrected chi connectivity index (χ1v) is 6.91. The van der Waals surface area contributed by atoms with E-state index in [0.29, 0.717) is 24.7 Å². The Labute approximate surface area is 115 Å². The van der Waals surface area contributed by atoms with Crippen LogP contribution in [0.15, 0.2) is 47.1 Å². The SMILES string of the molecule is NCCOc1ccoc1C(=O)SCc1ccccc1. The van der Waals surface area contributed by atoms with E-state index in [1.54, 1.807) is 6.07 Å². The minimum Gasteiger partial charge on any atom is -0.488 e. The Balaban J connectivity index is 1.94. The van der Waals surface area contributed by atoms with E-state index in [9.17, 15) is 4.79 Å². The highest BCUT2D eigenvalue weighted by atomic mass is 32.2. The summed E-state index contributed by atoms with van der Waals surface area (Å²) in [7, 11) is 0. The molecule has 0 fully saturated rings. The quantitative estimate of drug-likeness (QED) is 0.879. The van der Waals surface area contributed by atoms with Gasteiger partial charge in [-0.1, -0.05) is 42.1 Å². The zero-order valence-electron chi connectivity index (χ0n) is 10.4. The summed E-state index contributed by atoms with van der Waals surface area (Å²) in [6.45, 7) is 0.763. The first kappa shape index (κ1) is 13.7. The molecule has 2 N–H and O–H groups in total. The Hall–Kier alpha value is -1.72. The molecule has 0 atom stereocenters. The predicted octanol–water partition coefficient (Wildman–Crippen LogP) is 2.69. The first-order valence-electron chi connectivity index (χ1n) is 5.92. The van der Waals surface area contributed by atoms with E-state index in [4.69, 9.17) is 14.9 Å². The van der Waals surface area contributed by atoms with Gasteiger partial charge < -0.3 is 14.9 Å². The van der Waals surface area contributed by atoms with Crippen molar-refractivity contribution in [3.63, 3.8) is 0 Å². The molecule has 5 heteroatoms. The number of thioether (sulfide) groups is 1. The van der Waals surface area contributed by atoms with Gasteiger partial charge in [0.1, 0.15) is 6.61 Å². The second-order valence-corrected chi connectivity index (χ2v) is 4.76. The molecule has 0 bridgehead atoms. The highest BCUT2D eigenvalue weighted by Crippen LogP contribution is 2.26. The Morgan fingerprint density at radius 1 is 1.26 bits per heavy atom. The summed E-state index contributed by atoms with van der Waals surface area (Å²) in [5.41, 5.74) is 6.45. The molecular weight excluding hydrogens is 262 g/mol. The second-order valence-electron chi connectivity index (χ2n) is 3.81. The number of nitrogens with two attached hydrogens (primary N) is 1. The predicted molar refractivity (Wildman–Crippen MR) is 75.3 cm³/mol. The topological polar surface area (TPSA) is 65.5 Å². The Bertz CT molecular complexity index is 524. The van der Waals surface area contributed by atoms with Gasteiger partial charge in [0.05, 0.1) is 6.26 Å². The van der Waals surface area contributed by atoms with Crippen LogP contribution in [0.4, 0.5) is 0 Å². The fourth-order valence-corrected chi connectivity index (χ4v) is 2.29. The molecule has 0 spiro atoms. The van der Waals surface area contributed by atoms with Gasteiger partial charge in [0.2, 0.25) is 5.76 Å². The summed E-state index contributed by atoms with van der Waals surface area (Å²) in [5, 5.41) is -0.138. The van der Waals surface area contributed by atoms with Gasteiger partial charge in [-0.25, -0.2) is 0 Å². The molecule has 1 aromatic heterocycles. The molecular formula is C14H15NO3S. The van der Waals surface area contributed by atoms with Gasteiger partial charge in [0.25, 0.3) is 5.12 Å². The molecule has 0 aliphatic heterocycles. The van der Waals surface area contributed by atoms with Crippen molar-refractivity contribution in [2.24, 2.45) is 5.73 Å². The van der Waals surface area contributed by atoms with Crippen LogP contribution >= 0.6 is 11.8 Å². The maximum absolute atomic E-state index is 12.0. The molecule has 2 rings (SSSR count). The van der Waals surface area contributed by atoms with Crippen LogP contribution in [-0.4, -0.2) is 18.3 Å². The molecule has 1 heterocycles. The highest BCUT2D eigenvalue weighted by Gasteiger charge is 2.17. The van der Waals surface area contributed by atoms with Gasteiger partial charge in [0.15, 0.2) is 5.75 Å². The van der Waals surface area contributed by atoms with Gasteiger partial charge in [-0.3, -0.25) is 4.79 Å². The number of ether oxygens (including phenoxy) is 1. The van der Waals surface area contributed by atoms with Gasteiger partial charge >= 0.3 is 0 Å². The van der Waals surface area contributed by atoms with Crippen LogP contribution in [0.1, 0.15) is 16.1 Å². The van der Waals surface area contributed by atoms with Gasteiger partial charge in [-0.15, -0.1) is 0 Å². The smallest absolute Gasteiger partial charge is 0.258 e. The fraction of sp³-hybridized carbons (Fsp3) is 0.214. The minimum atomic E-state index is -0.138. The maximum Gasteiger partial charge on any atom is 0.258 e. The van der Waals surface area contributed by atoms with Crippen molar-refractivity contribution in [3.8, 4) is 5.75 Å². The standard InChI is InChI=1S/C14H15NO3S/c15-7-9-17-12-6-8-18-13(12)14(16)19-10-11-4-2-1-3-5-11/h1-6,8H,7,9-10,15H2. The monoisotopic (exact) mass is 277 g/mol. The Morgan fingerprint density at radius 3 is 2.79 bits per heavy atom. The molecule has 1 aromatic carbocycles. The first-order chi connectivity index (χ1) is 9.31. The van der Waals surface area contributed by atoms with E-state index in [1.165, 1.54) is 18.0 Å². The molecule has 19 heavy (non-hydrogen) atoms. The van der Waals surface area contributed by atoms with Gasteiger partial charge in [-0.2, -0.15) is 0 Å². The second kappa shape index (κ2) is 7.01. The van der Waals surface area contributed by atoms with Crippen molar-refractivity contribution < 1.29 is 13.9 Å². The van der Waals surface area contributed by atoms with Crippen molar-refractivity contribution in [3.05, 3.63) is 54.0 Å². The summed E-state index contributed by atoms with van der Waals surface area (Å²) in [6.07, 6.45) is 1.45. The number of furan rings is 1. The van der Waals surface area contributed by atoms with Crippen LogP contribution in [0, 0.1) is 0 Å². The summed E-state index contributed by atoms with van der Waals surface area (Å²) < 4.78 is 10.5. The summed E-state index contributed by atoms with van der Waals surface area (Å²) in [5.74, 6) is 1.31. The van der Waals surface area contributed by atoms with Crippen molar-refractivity contribution in [2.45, 2.75) is 5.75 Å². The average molecular weight is 277 g/mol. The van der Waals surface area contributed by atoms with Crippen LogP contribution < -0.4 is 10.5 Å². The van der Waals surface area contributed by atoms with E-state index in [1.807, 2.05) is 30.3 Å². The number of rotatable bonds is 6. The average Bonchev–Trinajstić information content (AvgIpc) is 2.92. The van der Waals surface area contributed by atoms with Crippen molar-refractivity contribution >= 4 is 16.9 Å². The summed E-state index contributed by atoms with van der Waals surface area (Å²) in [4.78, 5) is 12.0. The maximum atomic E-state index is 12.0. The zero-order chi connectivity index (χ0) is 13.5. The van der Waals surface area contributed by atoms with E-state index in [0.717, 1.165) is 5.56 Å². The van der Waals surface area contributed by atoms with Crippen LogP contribution in [0.2, 0.25) is 0 Å². The Kier molecular flexibility index (Phi) is 5.06. The number of hydrogen-bond donors (Lipinski definition) is 1. The van der Waals surface area contributed by atoms with Crippen molar-refractivity contribution in [1.82, 2.24) is 0 Å². The molecule has 0 saturated heterocycles. The minimum absolute atomic E-state index is 0.138. The molecule has 0 amide bonds. The molecule has 0 saturated carbocycles. The lowest BCUT2D eigenvalue weighted by atomic mass is 10.2. The third kappa shape index (κ3) is 3.87. The highest BCUT2D eigenvalue weighted by molar-refractivity contribution is 8.13. The normalized spacial score (nSPS) is 10.4. The number of carbonyl (C=O) groups excluding carboxylic acids is 1. The molecule has 4 nitrogen and oxygen atoms in total. The zero-order valence-corrected chi connectivity index (χ0v) is 11.2. The summed E-state index contributed by atoms with van der Waals surface area (Å²) in [6, 6.07) is 11.4. The lowest BCUT2D eigenvalue weighted by molar-refractivity contribution is 0.106. The lowest BCUT2D eigenvalue weighted by Crippen LogP contribution is -2.11. The Morgan fingerprint density at radius 2 is 2.05 bits per heavy atom. The van der Waals surface area contributed by atoms with E-state index in [2.05, 4.69) is 0 Å². The molecule has 0 unspecified atom stereocenters. The van der Waals surface area contributed by atoms with Crippen LogP contribution in [0.25, 0.3) is 0 Å². The molecule has 100 valence electrons. The van der Waals surface area contributed by atoms with E-state index < -0.39 is 0 Å². The molecule has 0 aliphatic rings. The third-order valence-corrected chi connectivity index (χ3v) is 3.33. The van der Waals surface area contributed by atoms with Crippen molar-refractivity contribution in [2.75, 3.05) is 13.2 Å². The van der Waals surface area contributed by atoms with Gasteiger partial charge in [0, 0.05) is 18.4 Å². The number of hydrogen-bond acceptors (Lipinski definition) is 5. The number of benzene rings is 1. The van der Waals surface area contributed by atoms with Crippen LogP contribution in [0.3, 0.4) is 0 Å². The van der Waals surface area contributed by atoms with Crippen LogP contribution in [-0.2, 0) is 5.75 Å². The number of carbonyl (C=O) groups is 1. The fourth-order valence-electron chi connectivity index (χ4n) is 1.52. The third-order valence-electron chi connectivity index (χ3n) is 2.40. The van der Waals surface area contributed by atoms with E-state index >= 15 is 0 Å². The van der Waals surface area contributed by atoms with Crippen LogP contribution in [0.5, 0.6) is 5.75 Å².